The molecule has 0 radical (unpaired) electrons. The summed E-state index contributed by atoms with van der Waals surface area (Å²) in [4.78, 5) is 10.1. The van der Waals surface area contributed by atoms with Crippen LogP contribution in [0.15, 0.2) is 66.2 Å². The number of piperazine rings is 1. The molecule has 1 aliphatic rings. The second-order valence-electron chi connectivity index (χ2n) is 7.89. The molecule has 0 bridgehead atoms. The molecule has 1 aliphatic heterocycles. The van der Waals surface area contributed by atoms with Crippen LogP contribution in [0.2, 0.25) is 0 Å². The van der Waals surface area contributed by atoms with Crippen molar-refractivity contribution in [3.8, 4) is 16.8 Å². The largest absolute Gasteiger partial charge is 0.353 e. The second kappa shape index (κ2) is 9.67. The maximum Gasteiger partial charge on any atom is 0.199 e. The van der Waals surface area contributed by atoms with Gasteiger partial charge in [-0.25, -0.2) is 9.67 Å². The van der Waals surface area contributed by atoms with Gasteiger partial charge in [0.25, 0.3) is 0 Å². The predicted octanol–water partition coefficient (Wildman–Crippen LogP) is 4.24. The van der Waals surface area contributed by atoms with Gasteiger partial charge in [0.1, 0.15) is 11.9 Å². The predicted molar refractivity (Wildman–Crippen MR) is 133 cm³/mol. The van der Waals surface area contributed by atoms with E-state index in [-0.39, 0.29) is 0 Å². The van der Waals surface area contributed by atoms with E-state index in [9.17, 15) is 5.26 Å². The van der Waals surface area contributed by atoms with E-state index in [4.69, 9.17) is 17.3 Å². The van der Waals surface area contributed by atoms with Crippen LogP contribution in [0.5, 0.6) is 0 Å². The fourth-order valence-corrected chi connectivity index (χ4v) is 5.02. The Morgan fingerprint density at radius 2 is 1.82 bits per heavy atom. The lowest BCUT2D eigenvalue weighted by molar-refractivity contribution is 0.194. The monoisotopic (exact) mass is 473 g/mol. The molecule has 9 heteroatoms. The molecular formula is C24H23N7S2. The smallest absolute Gasteiger partial charge is 0.199 e. The van der Waals surface area contributed by atoms with E-state index >= 15 is 0 Å². The van der Waals surface area contributed by atoms with Gasteiger partial charge in [0.2, 0.25) is 0 Å². The molecular weight excluding hydrogens is 450 g/mol. The zero-order valence-corrected chi connectivity index (χ0v) is 19.7. The van der Waals surface area contributed by atoms with Gasteiger partial charge in [-0.15, -0.1) is 16.4 Å². The number of pyridine rings is 1. The number of aromatic nitrogens is 4. The maximum absolute atomic E-state index is 9.39. The molecule has 3 aromatic heterocycles. The Balaban J connectivity index is 1.35. The molecule has 0 unspecified atom stereocenters. The van der Waals surface area contributed by atoms with Crippen molar-refractivity contribution in [2.75, 3.05) is 31.1 Å². The average molecular weight is 474 g/mol. The first-order valence-electron chi connectivity index (χ1n) is 10.8. The first kappa shape index (κ1) is 21.5. The van der Waals surface area contributed by atoms with Gasteiger partial charge >= 0.3 is 0 Å². The zero-order valence-electron chi connectivity index (χ0n) is 18.0. The van der Waals surface area contributed by atoms with Crippen molar-refractivity contribution in [3.63, 3.8) is 0 Å². The fourth-order valence-electron chi connectivity index (χ4n) is 4.06. The van der Waals surface area contributed by atoms with E-state index < -0.39 is 0 Å². The van der Waals surface area contributed by atoms with E-state index in [1.165, 1.54) is 5.56 Å². The summed E-state index contributed by atoms with van der Waals surface area (Å²) in [6.07, 6.45) is 1.74. The standard InChI is InChI=1S/C24H23N7S2/c25-16-20-8-4-10-26-22(20)29-13-11-28(12-14-29)18-31-24(32)30(17-19-6-2-1-3-7-19)23(27-31)21-9-5-15-33-21/h1-10,15H,11-14,17-18H2. The number of hydrogen-bond acceptors (Lipinski definition) is 7. The first-order valence-corrected chi connectivity index (χ1v) is 12.1. The zero-order chi connectivity index (χ0) is 22.6. The van der Waals surface area contributed by atoms with Gasteiger partial charge in [0.15, 0.2) is 10.6 Å². The summed E-state index contributed by atoms with van der Waals surface area (Å²) in [5.41, 5.74) is 1.82. The quantitative estimate of drug-likeness (QED) is 0.390. The van der Waals surface area contributed by atoms with Crippen LogP contribution >= 0.6 is 23.6 Å². The molecule has 0 amide bonds. The Morgan fingerprint density at radius 1 is 1.00 bits per heavy atom. The number of rotatable bonds is 6. The molecule has 0 spiro atoms. The minimum atomic E-state index is 0.619. The van der Waals surface area contributed by atoms with Crippen molar-refractivity contribution < 1.29 is 0 Å². The lowest BCUT2D eigenvalue weighted by Gasteiger charge is -2.35. The van der Waals surface area contributed by atoms with Crippen LogP contribution in [0.1, 0.15) is 11.1 Å². The van der Waals surface area contributed by atoms with Crippen LogP contribution in [0, 0.1) is 16.1 Å². The van der Waals surface area contributed by atoms with Crippen molar-refractivity contribution in [1.29, 1.82) is 5.26 Å². The summed E-state index contributed by atoms with van der Waals surface area (Å²) >= 11 is 7.55. The molecule has 0 saturated carbocycles. The first-order chi connectivity index (χ1) is 16.2. The highest BCUT2D eigenvalue weighted by atomic mass is 32.1. The van der Waals surface area contributed by atoms with Crippen molar-refractivity contribution in [2.24, 2.45) is 0 Å². The van der Waals surface area contributed by atoms with Gasteiger partial charge < -0.3 is 4.90 Å². The number of thiophene rings is 1. The molecule has 1 aromatic carbocycles. The number of benzene rings is 1. The Kier molecular flexibility index (Phi) is 6.30. The number of nitriles is 1. The second-order valence-corrected chi connectivity index (χ2v) is 9.20. The van der Waals surface area contributed by atoms with Crippen molar-refractivity contribution in [1.82, 2.24) is 24.2 Å². The van der Waals surface area contributed by atoms with Crippen LogP contribution in [0.25, 0.3) is 10.7 Å². The highest BCUT2D eigenvalue weighted by molar-refractivity contribution is 7.71. The van der Waals surface area contributed by atoms with Crippen molar-refractivity contribution >= 4 is 29.4 Å². The Morgan fingerprint density at radius 3 is 2.55 bits per heavy atom. The minimum absolute atomic E-state index is 0.619. The van der Waals surface area contributed by atoms with Crippen LogP contribution in [-0.4, -0.2) is 50.4 Å². The van der Waals surface area contributed by atoms with E-state index in [2.05, 4.69) is 49.0 Å². The van der Waals surface area contributed by atoms with Crippen molar-refractivity contribution in [2.45, 2.75) is 13.2 Å². The van der Waals surface area contributed by atoms with Gasteiger partial charge in [0.05, 0.1) is 23.7 Å². The molecule has 33 heavy (non-hydrogen) atoms. The molecule has 5 rings (SSSR count). The maximum atomic E-state index is 9.39. The SMILES string of the molecule is N#Cc1cccnc1N1CCN(Cn2nc(-c3cccs3)n(Cc3ccccc3)c2=S)CC1. The third-order valence-electron chi connectivity index (χ3n) is 5.76. The van der Waals surface area contributed by atoms with Crippen LogP contribution < -0.4 is 4.90 Å². The molecule has 166 valence electrons. The molecule has 0 atom stereocenters. The highest BCUT2D eigenvalue weighted by Gasteiger charge is 2.22. The van der Waals surface area contributed by atoms with E-state index in [0.717, 1.165) is 47.5 Å². The Labute approximate surface area is 201 Å². The molecule has 0 aliphatic carbocycles. The number of nitrogens with zero attached hydrogens (tertiary/aromatic N) is 7. The lowest BCUT2D eigenvalue weighted by Crippen LogP contribution is -2.47. The third-order valence-corrected chi connectivity index (χ3v) is 7.06. The van der Waals surface area contributed by atoms with Crippen LogP contribution in [0.3, 0.4) is 0 Å². The summed E-state index contributed by atoms with van der Waals surface area (Å²) in [6.45, 7) is 4.65. The van der Waals surface area contributed by atoms with E-state index in [0.29, 0.717) is 18.8 Å². The number of anilines is 1. The van der Waals surface area contributed by atoms with Gasteiger partial charge in [-0.05, 0) is 41.4 Å². The molecule has 7 nitrogen and oxygen atoms in total. The van der Waals surface area contributed by atoms with Gasteiger partial charge in [-0.2, -0.15) is 5.26 Å². The normalized spacial score (nSPS) is 14.3. The summed E-state index contributed by atoms with van der Waals surface area (Å²) in [7, 11) is 0. The van der Waals surface area contributed by atoms with Gasteiger partial charge in [-0.3, -0.25) is 9.47 Å². The minimum Gasteiger partial charge on any atom is -0.353 e. The summed E-state index contributed by atoms with van der Waals surface area (Å²) < 4.78 is 4.78. The molecule has 4 heterocycles. The highest BCUT2D eigenvalue weighted by Crippen LogP contribution is 2.25. The molecule has 4 aromatic rings. The Hall–Kier alpha value is -3.32. The Bertz CT molecular complexity index is 1310. The average Bonchev–Trinajstić information content (AvgIpc) is 3.50. The molecule has 0 N–H and O–H groups in total. The number of hydrogen-bond donors (Lipinski definition) is 0. The fraction of sp³-hybridized carbons (Fsp3) is 0.250. The van der Waals surface area contributed by atoms with E-state index in [1.807, 2.05) is 35.0 Å². The van der Waals surface area contributed by atoms with Gasteiger partial charge in [0, 0.05) is 32.4 Å². The summed E-state index contributed by atoms with van der Waals surface area (Å²) in [6, 6.07) is 20.4. The van der Waals surface area contributed by atoms with Gasteiger partial charge in [-0.1, -0.05) is 36.4 Å². The molecule has 1 fully saturated rings. The topological polar surface area (TPSA) is 65.9 Å². The van der Waals surface area contributed by atoms with Crippen LogP contribution in [0.4, 0.5) is 5.82 Å². The van der Waals surface area contributed by atoms with Crippen molar-refractivity contribution in [3.05, 3.63) is 82.1 Å². The third kappa shape index (κ3) is 4.59. The van der Waals surface area contributed by atoms with E-state index in [1.54, 1.807) is 23.6 Å². The summed E-state index contributed by atoms with van der Waals surface area (Å²) in [5.74, 6) is 1.67. The summed E-state index contributed by atoms with van der Waals surface area (Å²) in [5, 5.41) is 16.4. The molecule has 1 saturated heterocycles. The lowest BCUT2D eigenvalue weighted by atomic mass is 10.2. The van der Waals surface area contributed by atoms with Crippen LogP contribution in [-0.2, 0) is 13.2 Å².